The average Bonchev–Trinajstić information content (AvgIpc) is 2.52. The van der Waals surface area contributed by atoms with Crippen molar-refractivity contribution in [2.75, 3.05) is 0 Å². The molecule has 0 saturated carbocycles. The van der Waals surface area contributed by atoms with Crippen LogP contribution in [0.5, 0.6) is 5.75 Å². The number of ether oxygens (including phenoxy) is 1. The summed E-state index contributed by atoms with van der Waals surface area (Å²) < 4.78 is 5.83. The molecule has 0 bridgehead atoms. The molecule has 0 radical (unpaired) electrons. The van der Waals surface area contributed by atoms with Crippen LogP contribution in [0.15, 0.2) is 48.5 Å². The second-order valence-electron chi connectivity index (χ2n) is 5.22. The van der Waals surface area contributed by atoms with Gasteiger partial charge in [-0.2, -0.15) is 0 Å². The maximum atomic E-state index is 6.13. The van der Waals surface area contributed by atoms with E-state index in [1.54, 1.807) is 0 Å². The Balaban J connectivity index is 1.93. The molecule has 0 heterocycles. The molecule has 0 saturated heterocycles. The quantitative estimate of drug-likeness (QED) is 0.793. The Morgan fingerprint density at radius 1 is 1.14 bits per heavy atom. The number of benzene rings is 2. The summed E-state index contributed by atoms with van der Waals surface area (Å²) in [6.07, 6.45) is 1.13. The van der Waals surface area contributed by atoms with Crippen LogP contribution in [0.2, 0.25) is 5.02 Å². The molecule has 0 spiro atoms. The minimum absolute atomic E-state index is 0.488. The molecule has 0 aliphatic carbocycles. The molecular formula is C18H22ClNO. The smallest absolute Gasteiger partial charge is 0.120 e. The van der Waals surface area contributed by atoms with Crippen molar-refractivity contribution in [3.8, 4) is 5.75 Å². The van der Waals surface area contributed by atoms with Crippen LogP contribution in [0.25, 0.3) is 0 Å². The lowest BCUT2D eigenvalue weighted by Crippen LogP contribution is -2.24. The lowest BCUT2D eigenvalue weighted by molar-refractivity contribution is 0.306. The third-order valence-corrected chi connectivity index (χ3v) is 3.89. The highest BCUT2D eigenvalue weighted by Gasteiger charge is 2.02. The molecule has 0 amide bonds. The van der Waals surface area contributed by atoms with E-state index < -0.39 is 0 Å². The van der Waals surface area contributed by atoms with Crippen molar-refractivity contribution in [1.29, 1.82) is 0 Å². The monoisotopic (exact) mass is 303 g/mol. The highest BCUT2D eigenvalue weighted by molar-refractivity contribution is 6.31. The number of nitrogens with one attached hydrogen (secondary N) is 1. The predicted molar refractivity (Wildman–Crippen MR) is 88.8 cm³/mol. The van der Waals surface area contributed by atoms with Crippen LogP contribution in [-0.4, -0.2) is 6.04 Å². The summed E-state index contributed by atoms with van der Waals surface area (Å²) in [6.45, 7) is 5.72. The zero-order valence-electron chi connectivity index (χ0n) is 12.6. The van der Waals surface area contributed by atoms with Gasteiger partial charge in [0.15, 0.2) is 0 Å². The first-order valence-electron chi connectivity index (χ1n) is 7.37. The van der Waals surface area contributed by atoms with Crippen LogP contribution < -0.4 is 10.1 Å². The Kier molecular flexibility index (Phi) is 6.09. The topological polar surface area (TPSA) is 21.3 Å². The first kappa shape index (κ1) is 15.9. The van der Waals surface area contributed by atoms with Gasteiger partial charge in [-0.25, -0.2) is 0 Å². The second-order valence-corrected chi connectivity index (χ2v) is 5.62. The molecule has 2 nitrogen and oxygen atoms in total. The SMILES string of the molecule is CC[C@@H](C)NCc1cccc(OCc2ccccc2Cl)c1. The zero-order valence-corrected chi connectivity index (χ0v) is 13.4. The van der Waals surface area contributed by atoms with Crippen LogP contribution in [0.3, 0.4) is 0 Å². The second kappa shape index (κ2) is 8.06. The van der Waals surface area contributed by atoms with E-state index >= 15 is 0 Å². The third-order valence-electron chi connectivity index (χ3n) is 3.52. The largest absolute Gasteiger partial charge is 0.489 e. The average molecular weight is 304 g/mol. The van der Waals surface area contributed by atoms with E-state index in [0.717, 1.165) is 29.3 Å². The van der Waals surface area contributed by atoms with E-state index in [2.05, 4.69) is 31.3 Å². The van der Waals surface area contributed by atoms with Crippen LogP contribution in [0, 0.1) is 0 Å². The van der Waals surface area contributed by atoms with Gasteiger partial charge in [-0.3, -0.25) is 0 Å². The molecule has 3 heteroatoms. The molecule has 0 fully saturated rings. The number of halogens is 1. The summed E-state index contributed by atoms with van der Waals surface area (Å²) in [7, 11) is 0. The molecular weight excluding hydrogens is 282 g/mol. The number of hydrogen-bond acceptors (Lipinski definition) is 2. The minimum atomic E-state index is 0.488. The van der Waals surface area contributed by atoms with Gasteiger partial charge in [0.2, 0.25) is 0 Å². The molecule has 0 unspecified atom stereocenters. The number of hydrogen-bond donors (Lipinski definition) is 1. The first-order chi connectivity index (χ1) is 10.2. The maximum Gasteiger partial charge on any atom is 0.120 e. The van der Waals surface area contributed by atoms with Crippen molar-refractivity contribution in [2.45, 2.75) is 39.5 Å². The van der Waals surface area contributed by atoms with Crippen LogP contribution >= 0.6 is 11.6 Å². The van der Waals surface area contributed by atoms with Gasteiger partial charge in [0.1, 0.15) is 12.4 Å². The molecule has 2 rings (SSSR count). The normalized spacial score (nSPS) is 12.1. The van der Waals surface area contributed by atoms with Gasteiger partial charge in [-0.05, 0) is 37.1 Å². The van der Waals surface area contributed by atoms with E-state index in [4.69, 9.17) is 16.3 Å². The molecule has 112 valence electrons. The zero-order chi connectivity index (χ0) is 15.1. The van der Waals surface area contributed by atoms with Crippen molar-refractivity contribution >= 4 is 11.6 Å². The van der Waals surface area contributed by atoms with Crippen LogP contribution in [-0.2, 0) is 13.2 Å². The summed E-state index contributed by atoms with van der Waals surface area (Å²) in [6, 6.07) is 16.5. The van der Waals surface area contributed by atoms with Crippen molar-refractivity contribution in [3.05, 3.63) is 64.7 Å². The minimum Gasteiger partial charge on any atom is -0.489 e. The molecule has 0 aromatic heterocycles. The maximum absolute atomic E-state index is 6.13. The molecule has 21 heavy (non-hydrogen) atoms. The van der Waals surface area contributed by atoms with E-state index in [1.807, 2.05) is 36.4 Å². The Bertz CT molecular complexity index is 571. The lowest BCUT2D eigenvalue weighted by atomic mass is 10.2. The van der Waals surface area contributed by atoms with Gasteiger partial charge in [0.25, 0.3) is 0 Å². The van der Waals surface area contributed by atoms with Crippen molar-refractivity contribution in [3.63, 3.8) is 0 Å². The van der Waals surface area contributed by atoms with Gasteiger partial charge in [0, 0.05) is 23.2 Å². The summed E-state index contributed by atoms with van der Waals surface area (Å²) in [5.41, 5.74) is 2.23. The van der Waals surface area contributed by atoms with Crippen LogP contribution in [0.4, 0.5) is 0 Å². The Morgan fingerprint density at radius 2 is 1.95 bits per heavy atom. The fourth-order valence-electron chi connectivity index (χ4n) is 1.96. The van der Waals surface area contributed by atoms with E-state index in [0.29, 0.717) is 12.6 Å². The van der Waals surface area contributed by atoms with E-state index in [-0.39, 0.29) is 0 Å². The highest BCUT2D eigenvalue weighted by atomic mass is 35.5. The summed E-state index contributed by atoms with van der Waals surface area (Å²) >= 11 is 6.13. The number of rotatable bonds is 7. The predicted octanol–water partition coefficient (Wildman–Crippen LogP) is 4.81. The van der Waals surface area contributed by atoms with Gasteiger partial charge in [-0.15, -0.1) is 0 Å². The Morgan fingerprint density at radius 3 is 2.71 bits per heavy atom. The molecule has 0 aliphatic rings. The molecule has 2 aromatic carbocycles. The van der Waals surface area contributed by atoms with E-state index in [9.17, 15) is 0 Å². The Hall–Kier alpha value is -1.51. The molecule has 1 N–H and O–H groups in total. The summed E-state index contributed by atoms with van der Waals surface area (Å²) in [5, 5.41) is 4.22. The first-order valence-corrected chi connectivity index (χ1v) is 7.75. The summed E-state index contributed by atoms with van der Waals surface area (Å²) in [5.74, 6) is 0.873. The van der Waals surface area contributed by atoms with Gasteiger partial charge in [-0.1, -0.05) is 48.9 Å². The van der Waals surface area contributed by atoms with Crippen molar-refractivity contribution in [1.82, 2.24) is 5.32 Å². The van der Waals surface area contributed by atoms with E-state index in [1.165, 1.54) is 5.56 Å². The van der Waals surface area contributed by atoms with Crippen molar-refractivity contribution < 1.29 is 4.74 Å². The van der Waals surface area contributed by atoms with Gasteiger partial charge < -0.3 is 10.1 Å². The molecule has 1 atom stereocenters. The van der Waals surface area contributed by atoms with Gasteiger partial charge in [0.05, 0.1) is 0 Å². The lowest BCUT2D eigenvalue weighted by Gasteiger charge is -2.12. The molecule has 0 aliphatic heterocycles. The highest BCUT2D eigenvalue weighted by Crippen LogP contribution is 2.19. The summed E-state index contributed by atoms with van der Waals surface area (Å²) in [4.78, 5) is 0. The standard InChI is InChI=1S/C18H22ClNO/c1-3-14(2)20-12-15-7-6-9-17(11-15)21-13-16-8-4-5-10-18(16)19/h4-11,14,20H,3,12-13H2,1-2H3/t14-/m1/s1. The van der Waals surface area contributed by atoms with Crippen molar-refractivity contribution in [2.24, 2.45) is 0 Å². The third kappa shape index (κ3) is 5.07. The molecule has 2 aromatic rings. The fourth-order valence-corrected chi connectivity index (χ4v) is 2.15. The Labute approximate surface area is 132 Å². The van der Waals surface area contributed by atoms with Gasteiger partial charge >= 0.3 is 0 Å². The fraction of sp³-hybridized carbons (Fsp3) is 0.333. The van der Waals surface area contributed by atoms with Crippen LogP contribution in [0.1, 0.15) is 31.4 Å².